The van der Waals surface area contributed by atoms with E-state index >= 15 is 4.39 Å². The van der Waals surface area contributed by atoms with E-state index in [9.17, 15) is 13.6 Å². The second-order valence-corrected chi connectivity index (χ2v) is 10.9. The number of rotatable bonds is 9. The fourth-order valence-corrected chi connectivity index (χ4v) is 5.61. The first kappa shape index (κ1) is 25.9. The molecule has 0 unspecified atom stereocenters. The fourth-order valence-electron chi connectivity index (χ4n) is 4.67. The van der Waals surface area contributed by atoms with Crippen LogP contribution in [0.25, 0.3) is 0 Å². The number of carbonyl (C=O) groups excluding carboxylic acids is 1. The molecule has 2 aliphatic rings. The molecule has 0 radical (unpaired) electrons. The van der Waals surface area contributed by atoms with Crippen LogP contribution in [0.1, 0.15) is 61.2 Å². The summed E-state index contributed by atoms with van der Waals surface area (Å²) in [6, 6.07) is -0.0142. The molecule has 1 saturated carbocycles. The summed E-state index contributed by atoms with van der Waals surface area (Å²) in [6.07, 6.45) is 5.75. The van der Waals surface area contributed by atoms with E-state index in [0.717, 1.165) is 37.0 Å². The Kier molecular flexibility index (Phi) is 8.05. The van der Waals surface area contributed by atoms with E-state index in [2.05, 4.69) is 20.2 Å². The summed E-state index contributed by atoms with van der Waals surface area (Å²) in [4.78, 5) is 23.9. The molecule has 1 N–H and O–H groups in total. The fraction of sp³-hybridized carbons (Fsp3) is 0.708. The highest BCUT2D eigenvalue weighted by molar-refractivity contribution is 7.13. The zero-order chi connectivity index (χ0) is 25.1. The number of amides is 1. The number of hydrogen-bond donors (Lipinski definition) is 1. The molecule has 0 saturated heterocycles. The van der Waals surface area contributed by atoms with Gasteiger partial charge in [0.1, 0.15) is 11.4 Å². The first-order valence-corrected chi connectivity index (χ1v) is 13.0. The van der Waals surface area contributed by atoms with Crippen molar-refractivity contribution in [1.82, 2.24) is 20.2 Å². The molecule has 2 aromatic heterocycles. The normalized spacial score (nSPS) is 23.5. The standard InChI is InChI=1S/C24H33F3N4O3S/c1-16-28-14-18(34-16)13-21(32)29-17-3-7-24(27,8-4-17)9-12-31-10-5-19-20(6-11-31)35-22(30-19)33-15-23(2,25)26/h14,17H,3-13,15H2,1-2H3,(H,29,32)/t17-,24+. The molecule has 1 fully saturated rings. The molecule has 0 spiro atoms. The smallest absolute Gasteiger partial charge is 0.278 e. The number of nitrogens with one attached hydrogen (secondary N) is 1. The molecule has 7 nitrogen and oxygen atoms in total. The maximum Gasteiger partial charge on any atom is 0.278 e. The van der Waals surface area contributed by atoms with Gasteiger partial charge in [-0.05, 0) is 38.5 Å². The molecule has 0 atom stereocenters. The second-order valence-electron chi connectivity index (χ2n) is 9.82. The second kappa shape index (κ2) is 10.9. The number of aryl methyl sites for hydroxylation is 1. The van der Waals surface area contributed by atoms with Crippen molar-refractivity contribution in [3.05, 3.63) is 28.4 Å². The number of ether oxygens (including phenoxy) is 1. The number of hydrogen-bond acceptors (Lipinski definition) is 7. The molecule has 194 valence electrons. The lowest BCUT2D eigenvalue weighted by atomic mass is 9.81. The van der Waals surface area contributed by atoms with Crippen LogP contribution in [0.5, 0.6) is 5.19 Å². The Balaban J connectivity index is 1.17. The van der Waals surface area contributed by atoms with Gasteiger partial charge in [0.15, 0.2) is 12.5 Å². The van der Waals surface area contributed by atoms with Gasteiger partial charge in [-0.25, -0.2) is 23.1 Å². The molecule has 11 heteroatoms. The summed E-state index contributed by atoms with van der Waals surface area (Å²) in [5.41, 5.74) is -0.316. The highest BCUT2D eigenvalue weighted by Gasteiger charge is 2.36. The molecule has 3 heterocycles. The Morgan fingerprint density at radius 1 is 1.34 bits per heavy atom. The van der Waals surface area contributed by atoms with Gasteiger partial charge in [0.25, 0.3) is 11.1 Å². The van der Waals surface area contributed by atoms with Crippen molar-refractivity contribution in [3.63, 3.8) is 0 Å². The molecular formula is C24H33F3N4O3S. The number of aromatic nitrogens is 2. The van der Waals surface area contributed by atoms with E-state index in [4.69, 9.17) is 9.15 Å². The van der Waals surface area contributed by atoms with Crippen LogP contribution in [-0.2, 0) is 24.1 Å². The van der Waals surface area contributed by atoms with Crippen molar-refractivity contribution in [2.45, 2.75) is 82.8 Å². The largest absolute Gasteiger partial charge is 0.464 e. The van der Waals surface area contributed by atoms with E-state index < -0.39 is 18.2 Å². The quantitative estimate of drug-likeness (QED) is 0.538. The summed E-state index contributed by atoms with van der Waals surface area (Å²) < 4.78 is 52.0. The average Bonchev–Trinajstić information content (AvgIpc) is 3.33. The number of alkyl halides is 3. The molecule has 2 aromatic rings. The summed E-state index contributed by atoms with van der Waals surface area (Å²) in [6.45, 7) is 4.10. The zero-order valence-electron chi connectivity index (χ0n) is 20.2. The Morgan fingerprint density at radius 3 is 2.77 bits per heavy atom. The van der Waals surface area contributed by atoms with E-state index in [1.54, 1.807) is 13.1 Å². The summed E-state index contributed by atoms with van der Waals surface area (Å²) >= 11 is 1.33. The Labute approximate surface area is 207 Å². The third-order valence-corrected chi connectivity index (χ3v) is 7.72. The van der Waals surface area contributed by atoms with Crippen LogP contribution < -0.4 is 10.1 Å². The maximum atomic E-state index is 15.5. The first-order valence-electron chi connectivity index (χ1n) is 12.2. The molecule has 1 aliphatic carbocycles. The van der Waals surface area contributed by atoms with Crippen molar-refractivity contribution in [1.29, 1.82) is 0 Å². The maximum absolute atomic E-state index is 15.5. The van der Waals surface area contributed by atoms with Gasteiger partial charge < -0.3 is 19.4 Å². The molecule has 35 heavy (non-hydrogen) atoms. The third kappa shape index (κ3) is 7.67. The van der Waals surface area contributed by atoms with Gasteiger partial charge in [-0.2, -0.15) is 0 Å². The van der Waals surface area contributed by atoms with Gasteiger partial charge >= 0.3 is 0 Å². The van der Waals surface area contributed by atoms with Crippen molar-refractivity contribution in [2.75, 3.05) is 26.2 Å². The summed E-state index contributed by atoms with van der Waals surface area (Å²) in [5.74, 6) is -1.95. The average molecular weight is 515 g/mol. The van der Waals surface area contributed by atoms with Gasteiger partial charge in [0.2, 0.25) is 5.91 Å². The van der Waals surface area contributed by atoms with Crippen LogP contribution in [0.15, 0.2) is 10.6 Å². The van der Waals surface area contributed by atoms with Crippen LogP contribution in [0.3, 0.4) is 0 Å². The minimum absolute atomic E-state index is 0.0142. The Morgan fingerprint density at radius 2 is 2.09 bits per heavy atom. The van der Waals surface area contributed by atoms with Crippen LogP contribution in [0.2, 0.25) is 0 Å². The number of halogens is 3. The van der Waals surface area contributed by atoms with Crippen molar-refractivity contribution >= 4 is 17.2 Å². The molecule has 1 amide bonds. The van der Waals surface area contributed by atoms with Gasteiger partial charge in [-0.15, -0.1) is 0 Å². The minimum Gasteiger partial charge on any atom is -0.464 e. The third-order valence-electron chi connectivity index (χ3n) is 6.65. The van der Waals surface area contributed by atoms with E-state index in [1.807, 2.05) is 0 Å². The van der Waals surface area contributed by atoms with Crippen molar-refractivity contribution < 1.29 is 27.1 Å². The highest BCUT2D eigenvalue weighted by atomic mass is 32.1. The van der Waals surface area contributed by atoms with E-state index in [-0.39, 0.29) is 18.4 Å². The summed E-state index contributed by atoms with van der Waals surface area (Å²) in [7, 11) is 0. The van der Waals surface area contributed by atoms with E-state index in [1.165, 1.54) is 11.3 Å². The van der Waals surface area contributed by atoms with Gasteiger partial charge in [0.05, 0.1) is 18.3 Å². The van der Waals surface area contributed by atoms with Crippen molar-refractivity contribution in [3.8, 4) is 5.19 Å². The molecule has 1 aliphatic heterocycles. The number of nitrogens with zero attached hydrogens (tertiary/aromatic N) is 3. The van der Waals surface area contributed by atoms with E-state index in [0.29, 0.717) is 61.9 Å². The van der Waals surface area contributed by atoms with Crippen LogP contribution in [-0.4, -0.2) is 64.6 Å². The predicted molar refractivity (Wildman–Crippen MR) is 126 cm³/mol. The Bertz CT molecular complexity index is 973. The predicted octanol–water partition coefficient (Wildman–Crippen LogP) is 4.27. The molecule has 0 aromatic carbocycles. The molecular weight excluding hydrogens is 481 g/mol. The Hall–Kier alpha value is -2.14. The minimum atomic E-state index is -2.89. The zero-order valence-corrected chi connectivity index (χ0v) is 21.1. The lowest BCUT2D eigenvalue weighted by molar-refractivity contribution is -0.121. The number of thiazole rings is 1. The van der Waals surface area contributed by atoms with Crippen molar-refractivity contribution in [2.24, 2.45) is 0 Å². The van der Waals surface area contributed by atoms with Gasteiger partial charge in [-0.3, -0.25) is 4.79 Å². The lowest BCUT2D eigenvalue weighted by Gasteiger charge is -2.35. The molecule has 0 bridgehead atoms. The van der Waals surface area contributed by atoms with Crippen LogP contribution >= 0.6 is 11.3 Å². The van der Waals surface area contributed by atoms with Gasteiger partial charge in [0, 0.05) is 50.8 Å². The lowest BCUT2D eigenvalue weighted by Crippen LogP contribution is -2.43. The number of fused-ring (bicyclic) bond motifs is 1. The molecule has 4 rings (SSSR count). The monoisotopic (exact) mass is 514 g/mol. The topological polar surface area (TPSA) is 80.5 Å². The summed E-state index contributed by atoms with van der Waals surface area (Å²) in [5, 5.41) is 3.29. The van der Waals surface area contributed by atoms with Crippen LogP contribution in [0.4, 0.5) is 13.2 Å². The highest BCUT2D eigenvalue weighted by Crippen LogP contribution is 2.36. The van der Waals surface area contributed by atoms with Gasteiger partial charge in [-0.1, -0.05) is 11.3 Å². The number of carbonyl (C=O) groups is 1. The number of oxazole rings is 1. The first-order chi connectivity index (χ1) is 16.6. The SMILES string of the molecule is Cc1ncc(CC(=O)N[C@H]2CC[C@](F)(CCN3CCc4nc(OCC(C)(F)F)sc4CC3)CC2)o1. The van der Waals surface area contributed by atoms with Crippen LogP contribution in [0, 0.1) is 6.92 Å².